The molecule has 0 radical (unpaired) electrons. The number of esters is 1. The van der Waals surface area contributed by atoms with Gasteiger partial charge in [-0.05, 0) is 24.8 Å². The van der Waals surface area contributed by atoms with Crippen molar-refractivity contribution in [1.29, 1.82) is 0 Å². The molecular formula is C22H33N3O5. The topological polar surface area (TPSA) is 111 Å². The number of unbranched alkanes of at least 4 members (excludes halogenated alkanes) is 1. The Labute approximate surface area is 178 Å². The molecule has 1 aliphatic rings. The number of rotatable bonds is 11. The van der Waals surface area contributed by atoms with E-state index >= 15 is 0 Å². The lowest BCUT2D eigenvalue weighted by molar-refractivity contribution is -0.146. The zero-order valence-electron chi connectivity index (χ0n) is 17.8. The Hall–Kier alpha value is -2.45. The van der Waals surface area contributed by atoms with E-state index in [1.54, 1.807) is 0 Å². The third-order valence-electron chi connectivity index (χ3n) is 5.18. The number of hydrogen-bond donors (Lipinski definition) is 2. The second kappa shape index (κ2) is 12.3. The van der Waals surface area contributed by atoms with Crippen LogP contribution >= 0.6 is 0 Å². The summed E-state index contributed by atoms with van der Waals surface area (Å²) in [6.45, 7) is 3.20. The third kappa shape index (κ3) is 6.81. The van der Waals surface area contributed by atoms with Gasteiger partial charge >= 0.3 is 5.97 Å². The maximum Gasteiger partial charge on any atom is 0.328 e. The van der Waals surface area contributed by atoms with E-state index in [0.29, 0.717) is 32.4 Å². The molecule has 2 rings (SSSR count). The molecule has 8 heteroatoms. The maximum absolute atomic E-state index is 12.9. The Morgan fingerprint density at radius 3 is 2.67 bits per heavy atom. The van der Waals surface area contributed by atoms with Gasteiger partial charge in [0.05, 0.1) is 13.7 Å². The summed E-state index contributed by atoms with van der Waals surface area (Å²) < 4.78 is 10.3. The first-order chi connectivity index (χ1) is 14.5. The van der Waals surface area contributed by atoms with Crippen LogP contribution in [0.5, 0.6) is 0 Å². The van der Waals surface area contributed by atoms with Gasteiger partial charge < -0.3 is 25.4 Å². The summed E-state index contributed by atoms with van der Waals surface area (Å²) in [4.78, 5) is 39.4. The zero-order chi connectivity index (χ0) is 21.9. The lowest BCUT2D eigenvalue weighted by Crippen LogP contribution is -2.55. The summed E-state index contributed by atoms with van der Waals surface area (Å²) in [5.74, 6) is -1.20. The quantitative estimate of drug-likeness (QED) is 0.409. The van der Waals surface area contributed by atoms with Gasteiger partial charge in [0.2, 0.25) is 11.8 Å². The Bertz CT molecular complexity index is 697. The molecule has 2 amide bonds. The molecule has 3 N–H and O–H groups in total. The van der Waals surface area contributed by atoms with Crippen LogP contribution in [0.4, 0.5) is 0 Å². The zero-order valence-corrected chi connectivity index (χ0v) is 17.8. The molecule has 0 unspecified atom stereocenters. The van der Waals surface area contributed by atoms with Crippen LogP contribution in [-0.4, -0.2) is 67.7 Å². The first-order valence-electron chi connectivity index (χ1n) is 10.5. The van der Waals surface area contributed by atoms with Crippen molar-refractivity contribution in [3.63, 3.8) is 0 Å². The van der Waals surface area contributed by atoms with Crippen LogP contribution < -0.4 is 11.1 Å². The van der Waals surface area contributed by atoms with E-state index in [0.717, 1.165) is 18.4 Å². The van der Waals surface area contributed by atoms with Crippen molar-refractivity contribution in [1.82, 2.24) is 10.2 Å². The lowest BCUT2D eigenvalue weighted by Gasteiger charge is -2.28. The number of nitrogens with one attached hydrogen (secondary N) is 1. The van der Waals surface area contributed by atoms with Crippen LogP contribution in [0.3, 0.4) is 0 Å². The number of amides is 2. The minimum absolute atomic E-state index is 0.127. The minimum Gasteiger partial charge on any atom is -0.467 e. The minimum atomic E-state index is -0.825. The van der Waals surface area contributed by atoms with Crippen molar-refractivity contribution < 1.29 is 23.9 Å². The number of methoxy groups -OCH3 is 1. The molecule has 1 aromatic rings. The van der Waals surface area contributed by atoms with Gasteiger partial charge in [0.15, 0.2) is 0 Å². The summed E-state index contributed by atoms with van der Waals surface area (Å²) in [7, 11) is 1.29. The molecule has 1 aromatic carbocycles. The molecule has 1 heterocycles. The number of nitrogens with zero attached hydrogens (tertiary/aromatic N) is 1. The van der Waals surface area contributed by atoms with Crippen molar-refractivity contribution in [2.45, 2.75) is 57.2 Å². The fourth-order valence-corrected chi connectivity index (χ4v) is 3.50. The molecule has 0 bridgehead atoms. The van der Waals surface area contributed by atoms with E-state index in [-0.39, 0.29) is 18.4 Å². The smallest absolute Gasteiger partial charge is 0.328 e. The van der Waals surface area contributed by atoms with Gasteiger partial charge in [-0.3, -0.25) is 9.59 Å². The first kappa shape index (κ1) is 23.8. The van der Waals surface area contributed by atoms with Gasteiger partial charge in [-0.15, -0.1) is 0 Å². The van der Waals surface area contributed by atoms with Crippen LogP contribution in [0.1, 0.15) is 38.2 Å². The highest BCUT2D eigenvalue weighted by Gasteiger charge is 2.37. The van der Waals surface area contributed by atoms with Gasteiger partial charge in [-0.25, -0.2) is 4.79 Å². The van der Waals surface area contributed by atoms with E-state index in [9.17, 15) is 14.4 Å². The fourth-order valence-electron chi connectivity index (χ4n) is 3.50. The van der Waals surface area contributed by atoms with Crippen LogP contribution in [-0.2, 0) is 30.3 Å². The number of likely N-dealkylation sites (tertiary alicyclic amines) is 1. The normalized spacial score (nSPS) is 18.0. The molecule has 1 saturated heterocycles. The van der Waals surface area contributed by atoms with E-state index in [1.807, 2.05) is 30.3 Å². The molecule has 8 nitrogen and oxygen atoms in total. The Kier molecular flexibility index (Phi) is 9.76. The summed E-state index contributed by atoms with van der Waals surface area (Å²) in [6, 6.07) is 7.09. The predicted molar refractivity (Wildman–Crippen MR) is 113 cm³/mol. The highest BCUT2D eigenvalue weighted by atomic mass is 16.5. The average molecular weight is 420 g/mol. The van der Waals surface area contributed by atoms with Crippen molar-refractivity contribution in [3.05, 3.63) is 35.9 Å². The number of carbonyl (C=O) groups excluding carboxylic acids is 3. The molecule has 0 aliphatic carbocycles. The summed E-state index contributed by atoms with van der Waals surface area (Å²) in [5.41, 5.74) is 6.89. The lowest BCUT2D eigenvalue weighted by atomic mass is 10.1. The largest absolute Gasteiger partial charge is 0.467 e. The molecule has 0 aromatic heterocycles. The second-order valence-corrected chi connectivity index (χ2v) is 7.50. The van der Waals surface area contributed by atoms with Crippen LogP contribution in [0.25, 0.3) is 0 Å². The van der Waals surface area contributed by atoms with Gasteiger partial charge in [-0.1, -0.05) is 43.7 Å². The van der Waals surface area contributed by atoms with Gasteiger partial charge in [0, 0.05) is 19.6 Å². The van der Waals surface area contributed by atoms with Gasteiger partial charge in [0.25, 0.3) is 0 Å². The highest BCUT2D eigenvalue weighted by molar-refractivity contribution is 5.92. The van der Waals surface area contributed by atoms with Crippen molar-refractivity contribution in [2.75, 3.05) is 26.9 Å². The number of nitrogens with two attached hydrogens (primary N) is 1. The number of hydrogen-bond acceptors (Lipinski definition) is 6. The van der Waals surface area contributed by atoms with E-state index in [1.165, 1.54) is 12.0 Å². The monoisotopic (exact) mass is 419 g/mol. The van der Waals surface area contributed by atoms with Crippen LogP contribution in [0.2, 0.25) is 0 Å². The van der Waals surface area contributed by atoms with Gasteiger partial charge in [-0.2, -0.15) is 0 Å². The SMILES string of the molecule is CCCCOC[C@H](N)C(=O)N1CCC[C@@H]1C(=O)N[C@@H](Cc1ccccc1)C(=O)OC. The van der Waals surface area contributed by atoms with Crippen molar-refractivity contribution in [3.8, 4) is 0 Å². The molecule has 1 aliphatic heterocycles. The Morgan fingerprint density at radius 2 is 2.00 bits per heavy atom. The molecule has 0 saturated carbocycles. The van der Waals surface area contributed by atoms with Crippen LogP contribution in [0.15, 0.2) is 30.3 Å². The fraction of sp³-hybridized carbons (Fsp3) is 0.591. The van der Waals surface area contributed by atoms with Crippen molar-refractivity contribution >= 4 is 17.8 Å². The summed E-state index contributed by atoms with van der Waals surface area (Å²) in [5, 5.41) is 2.76. The van der Waals surface area contributed by atoms with E-state index < -0.39 is 24.1 Å². The van der Waals surface area contributed by atoms with E-state index in [2.05, 4.69) is 12.2 Å². The molecule has 3 atom stereocenters. The maximum atomic E-state index is 12.9. The summed E-state index contributed by atoms with van der Waals surface area (Å²) in [6.07, 6.45) is 3.45. The molecule has 166 valence electrons. The number of ether oxygens (including phenoxy) is 2. The molecule has 30 heavy (non-hydrogen) atoms. The van der Waals surface area contributed by atoms with Crippen LogP contribution in [0, 0.1) is 0 Å². The van der Waals surface area contributed by atoms with E-state index in [4.69, 9.17) is 15.2 Å². The Balaban J connectivity index is 1.98. The first-order valence-corrected chi connectivity index (χ1v) is 10.5. The standard InChI is InChI=1S/C22H33N3O5/c1-3-4-13-30-15-17(23)21(27)25-12-8-11-19(25)20(26)24-18(22(28)29-2)14-16-9-6-5-7-10-16/h5-7,9-10,17-19H,3-4,8,11-15,23H2,1-2H3,(H,24,26)/t17-,18-,19+/m0/s1. The Morgan fingerprint density at radius 1 is 1.27 bits per heavy atom. The highest BCUT2D eigenvalue weighted by Crippen LogP contribution is 2.19. The third-order valence-corrected chi connectivity index (χ3v) is 5.18. The van der Waals surface area contributed by atoms with Gasteiger partial charge in [0.1, 0.15) is 18.1 Å². The molecule has 0 spiro atoms. The second-order valence-electron chi connectivity index (χ2n) is 7.50. The number of benzene rings is 1. The number of carbonyl (C=O) groups is 3. The predicted octanol–water partition coefficient (Wildman–Crippen LogP) is 1.02. The summed E-state index contributed by atoms with van der Waals surface area (Å²) >= 11 is 0. The molecule has 1 fully saturated rings. The average Bonchev–Trinajstić information content (AvgIpc) is 3.25. The molecular weight excluding hydrogens is 386 g/mol. The van der Waals surface area contributed by atoms with Crippen molar-refractivity contribution in [2.24, 2.45) is 5.73 Å².